The molecule has 0 fully saturated rings. The largest absolute Gasteiger partial charge is 0.345 e. The molecule has 0 radical (unpaired) electrons. The van der Waals surface area contributed by atoms with Crippen molar-refractivity contribution in [3.8, 4) is 0 Å². The first-order valence-corrected chi connectivity index (χ1v) is 4.42. The molecule has 1 aliphatic carbocycles. The van der Waals surface area contributed by atoms with E-state index in [1.54, 1.807) is 0 Å². The van der Waals surface area contributed by atoms with E-state index >= 15 is 0 Å². The van der Waals surface area contributed by atoms with Crippen LogP contribution in [0.25, 0.3) is 0 Å². The summed E-state index contributed by atoms with van der Waals surface area (Å²) in [4.78, 5) is 0. The van der Waals surface area contributed by atoms with Gasteiger partial charge in [0.15, 0.2) is 0 Å². The summed E-state index contributed by atoms with van der Waals surface area (Å²) in [7, 11) is 0. The van der Waals surface area contributed by atoms with Crippen LogP contribution in [0.2, 0.25) is 0 Å². The highest BCUT2D eigenvalue weighted by atomic mass is 32.1. The van der Waals surface area contributed by atoms with E-state index in [2.05, 4.69) is 37.0 Å². The fraction of sp³-hybridized carbons (Fsp3) is 0.375. The van der Waals surface area contributed by atoms with Crippen molar-refractivity contribution in [1.82, 2.24) is 5.32 Å². The number of thiol groups is 1. The summed E-state index contributed by atoms with van der Waals surface area (Å²) < 4.78 is 0.551. The minimum Gasteiger partial charge on any atom is -0.345 e. The van der Waals surface area contributed by atoms with Crippen molar-refractivity contribution in [1.29, 1.82) is 0 Å². The van der Waals surface area contributed by atoms with Crippen LogP contribution in [0.15, 0.2) is 23.4 Å². The maximum atomic E-state index is 4.82. The Morgan fingerprint density at radius 1 is 1.73 bits per heavy atom. The summed E-state index contributed by atoms with van der Waals surface area (Å²) in [5, 5.41) is 3.06. The molecule has 11 heavy (non-hydrogen) atoms. The van der Waals surface area contributed by atoms with Crippen LogP contribution in [0.5, 0.6) is 0 Å². The molecule has 0 heterocycles. The standard InChI is InChI=1S/C8H11NS2/c1-6-4-2-3-5-7(6)9-8(10)11/h2,4H,3,5H2,1H3,(H2,9,10,11). The molecule has 3 heteroatoms. The molecule has 0 aromatic carbocycles. The van der Waals surface area contributed by atoms with Crippen LogP contribution in [0, 0.1) is 0 Å². The summed E-state index contributed by atoms with van der Waals surface area (Å²) in [6, 6.07) is 0. The van der Waals surface area contributed by atoms with Crippen LogP contribution in [0.4, 0.5) is 0 Å². The Balaban J connectivity index is 2.67. The van der Waals surface area contributed by atoms with Gasteiger partial charge in [0, 0.05) is 5.70 Å². The van der Waals surface area contributed by atoms with E-state index in [9.17, 15) is 0 Å². The lowest BCUT2D eigenvalue weighted by atomic mass is 10.1. The Kier molecular flexibility index (Phi) is 3.15. The first-order chi connectivity index (χ1) is 5.20. The van der Waals surface area contributed by atoms with E-state index < -0.39 is 0 Å². The van der Waals surface area contributed by atoms with Crippen molar-refractivity contribution in [2.75, 3.05) is 0 Å². The smallest absolute Gasteiger partial charge is 0.134 e. The fourth-order valence-corrected chi connectivity index (χ4v) is 1.33. The molecule has 60 valence electrons. The van der Waals surface area contributed by atoms with Crippen molar-refractivity contribution in [3.63, 3.8) is 0 Å². The fourth-order valence-electron chi connectivity index (χ4n) is 1.08. The average Bonchev–Trinajstić information content (AvgIpc) is 1.93. The van der Waals surface area contributed by atoms with Gasteiger partial charge in [-0.1, -0.05) is 24.4 Å². The van der Waals surface area contributed by atoms with Gasteiger partial charge < -0.3 is 5.32 Å². The number of hydrogen-bond acceptors (Lipinski definition) is 1. The number of nitrogens with one attached hydrogen (secondary N) is 1. The molecule has 0 bridgehead atoms. The lowest BCUT2D eigenvalue weighted by Gasteiger charge is -2.13. The molecule has 0 aromatic rings. The molecule has 0 unspecified atom stereocenters. The molecule has 1 N–H and O–H groups in total. The van der Waals surface area contributed by atoms with Gasteiger partial charge in [-0.3, -0.25) is 0 Å². The molecule has 0 saturated carbocycles. The van der Waals surface area contributed by atoms with E-state index in [0.29, 0.717) is 4.32 Å². The van der Waals surface area contributed by atoms with Crippen LogP contribution in [0.1, 0.15) is 19.8 Å². The molecule has 0 aromatic heterocycles. The second-order valence-electron chi connectivity index (χ2n) is 2.53. The Bertz CT molecular complexity index is 228. The molecule has 0 atom stereocenters. The summed E-state index contributed by atoms with van der Waals surface area (Å²) in [5.74, 6) is 0. The summed E-state index contributed by atoms with van der Waals surface area (Å²) >= 11 is 8.84. The highest BCUT2D eigenvalue weighted by molar-refractivity contribution is 8.11. The molecule has 0 spiro atoms. The zero-order valence-electron chi connectivity index (χ0n) is 6.42. The van der Waals surface area contributed by atoms with Gasteiger partial charge in [0.25, 0.3) is 0 Å². The van der Waals surface area contributed by atoms with E-state index in [1.165, 1.54) is 11.3 Å². The molecular weight excluding hydrogens is 174 g/mol. The third-order valence-corrected chi connectivity index (χ3v) is 1.88. The minimum absolute atomic E-state index is 0.551. The number of thiocarbonyl (C=S) groups is 1. The van der Waals surface area contributed by atoms with Gasteiger partial charge in [-0.05, 0) is 25.3 Å². The highest BCUT2D eigenvalue weighted by Gasteiger charge is 2.03. The van der Waals surface area contributed by atoms with Gasteiger partial charge >= 0.3 is 0 Å². The minimum atomic E-state index is 0.551. The Hall–Kier alpha value is -0.280. The van der Waals surface area contributed by atoms with Crippen molar-refractivity contribution >= 4 is 29.2 Å². The molecule has 0 aliphatic heterocycles. The first kappa shape index (κ1) is 8.81. The third kappa shape index (κ3) is 2.67. The Labute approximate surface area is 78.0 Å². The quantitative estimate of drug-likeness (QED) is 0.480. The van der Waals surface area contributed by atoms with E-state index in [-0.39, 0.29) is 0 Å². The maximum absolute atomic E-state index is 4.82. The second-order valence-corrected chi connectivity index (χ2v) is 3.69. The lowest BCUT2D eigenvalue weighted by molar-refractivity contribution is 0.880. The van der Waals surface area contributed by atoms with E-state index in [0.717, 1.165) is 12.8 Å². The average molecular weight is 185 g/mol. The van der Waals surface area contributed by atoms with Gasteiger partial charge in [0.05, 0.1) is 0 Å². The van der Waals surface area contributed by atoms with Crippen molar-refractivity contribution in [3.05, 3.63) is 23.4 Å². The third-order valence-electron chi connectivity index (χ3n) is 1.66. The molecule has 1 aliphatic rings. The zero-order chi connectivity index (χ0) is 8.27. The van der Waals surface area contributed by atoms with Crippen LogP contribution in [-0.4, -0.2) is 4.32 Å². The van der Waals surface area contributed by atoms with Gasteiger partial charge in [-0.25, -0.2) is 0 Å². The molecule has 1 rings (SSSR count). The Morgan fingerprint density at radius 2 is 2.45 bits per heavy atom. The van der Waals surface area contributed by atoms with Crippen LogP contribution in [0.3, 0.4) is 0 Å². The molecule has 0 saturated heterocycles. The predicted molar refractivity (Wildman–Crippen MR) is 55.8 cm³/mol. The first-order valence-electron chi connectivity index (χ1n) is 3.56. The van der Waals surface area contributed by atoms with Gasteiger partial charge in [0.2, 0.25) is 0 Å². The van der Waals surface area contributed by atoms with Gasteiger partial charge in [-0.2, -0.15) is 0 Å². The van der Waals surface area contributed by atoms with Gasteiger partial charge in [-0.15, -0.1) is 12.6 Å². The summed E-state index contributed by atoms with van der Waals surface area (Å²) in [6.45, 7) is 2.07. The molecular formula is C8H11NS2. The highest BCUT2D eigenvalue weighted by Crippen LogP contribution is 2.15. The van der Waals surface area contributed by atoms with Crippen LogP contribution < -0.4 is 5.32 Å². The van der Waals surface area contributed by atoms with Crippen molar-refractivity contribution in [2.45, 2.75) is 19.8 Å². The number of allylic oxidation sites excluding steroid dienone is 4. The van der Waals surface area contributed by atoms with Crippen LogP contribution >= 0.6 is 24.8 Å². The van der Waals surface area contributed by atoms with Gasteiger partial charge in [0.1, 0.15) is 4.32 Å². The van der Waals surface area contributed by atoms with E-state index in [4.69, 9.17) is 12.2 Å². The van der Waals surface area contributed by atoms with Crippen molar-refractivity contribution < 1.29 is 0 Å². The summed E-state index contributed by atoms with van der Waals surface area (Å²) in [5.41, 5.74) is 2.46. The molecule has 1 nitrogen and oxygen atoms in total. The normalized spacial score (nSPS) is 16.9. The molecule has 0 amide bonds. The number of hydrogen-bond donors (Lipinski definition) is 2. The maximum Gasteiger partial charge on any atom is 0.134 e. The SMILES string of the molecule is CC1=C(NC(=S)S)CCC=C1. The monoisotopic (exact) mass is 185 g/mol. The topological polar surface area (TPSA) is 12.0 Å². The van der Waals surface area contributed by atoms with E-state index in [1.807, 2.05) is 0 Å². The number of rotatable bonds is 1. The summed E-state index contributed by atoms with van der Waals surface area (Å²) in [6.07, 6.45) is 6.42. The van der Waals surface area contributed by atoms with Crippen LogP contribution in [-0.2, 0) is 0 Å². The van der Waals surface area contributed by atoms with Crippen molar-refractivity contribution in [2.24, 2.45) is 0 Å². The zero-order valence-corrected chi connectivity index (χ0v) is 8.14. The Morgan fingerprint density at radius 3 is 3.00 bits per heavy atom. The predicted octanol–water partition coefficient (Wildman–Crippen LogP) is 2.41. The lowest BCUT2D eigenvalue weighted by Crippen LogP contribution is -2.17. The second kappa shape index (κ2) is 3.93.